The maximum absolute atomic E-state index is 13.4. The molecule has 3 atom stereocenters. The van der Waals surface area contributed by atoms with Crippen molar-refractivity contribution in [1.29, 1.82) is 0 Å². The van der Waals surface area contributed by atoms with Crippen LogP contribution in [0, 0.1) is 5.82 Å². The van der Waals surface area contributed by atoms with Crippen LogP contribution in [-0.4, -0.2) is 27.8 Å². The number of rotatable bonds is 3. The molecular formula is C23H21FN4. The summed E-state index contributed by atoms with van der Waals surface area (Å²) < 4.78 is 13.4. The molecule has 3 unspecified atom stereocenters. The van der Waals surface area contributed by atoms with Crippen LogP contribution < -0.4 is 5.73 Å². The number of halogens is 1. The second-order valence-corrected chi connectivity index (χ2v) is 7.49. The Hall–Kier alpha value is -3.05. The average Bonchev–Trinajstić information content (AvgIpc) is 3.32. The molecule has 28 heavy (non-hydrogen) atoms. The first-order valence-electron chi connectivity index (χ1n) is 9.57. The zero-order valence-electron chi connectivity index (χ0n) is 15.4. The van der Waals surface area contributed by atoms with E-state index < -0.39 is 0 Å². The molecular weight excluding hydrogens is 351 g/mol. The van der Waals surface area contributed by atoms with Crippen molar-refractivity contribution in [1.82, 2.24) is 9.99 Å². The molecule has 0 amide bonds. The lowest BCUT2D eigenvalue weighted by atomic mass is 9.84. The Morgan fingerprint density at radius 2 is 1.86 bits per heavy atom. The van der Waals surface area contributed by atoms with E-state index in [4.69, 9.17) is 10.8 Å². The first kappa shape index (κ1) is 17.1. The number of hydrogen-bond acceptors (Lipinski definition) is 4. The van der Waals surface area contributed by atoms with Crippen molar-refractivity contribution in [3.8, 4) is 0 Å². The monoisotopic (exact) mass is 372 g/mol. The average molecular weight is 372 g/mol. The van der Waals surface area contributed by atoms with Gasteiger partial charge in [0.25, 0.3) is 0 Å². The van der Waals surface area contributed by atoms with Crippen molar-refractivity contribution < 1.29 is 4.39 Å². The fourth-order valence-electron chi connectivity index (χ4n) is 4.22. The Morgan fingerprint density at radius 1 is 1.07 bits per heavy atom. The molecule has 1 aliphatic carbocycles. The van der Waals surface area contributed by atoms with Gasteiger partial charge in [0.1, 0.15) is 5.82 Å². The van der Waals surface area contributed by atoms with Crippen LogP contribution in [-0.2, 0) is 0 Å². The molecule has 5 heteroatoms. The van der Waals surface area contributed by atoms with Crippen molar-refractivity contribution >= 4 is 5.71 Å². The van der Waals surface area contributed by atoms with Gasteiger partial charge in [-0.05, 0) is 59.4 Å². The second-order valence-electron chi connectivity index (χ2n) is 7.49. The van der Waals surface area contributed by atoms with Gasteiger partial charge >= 0.3 is 0 Å². The topological polar surface area (TPSA) is 54.5 Å². The molecule has 0 spiro atoms. The lowest BCUT2D eigenvalue weighted by Crippen LogP contribution is -2.29. The number of aromatic nitrogens is 1. The number of benzene rings is 1. The predicted octanol–water partition coefficient (Wildman–Crippen LogP) is 3.89. The minimum atomic E-state index is -0.243. The summed E-state index contributed by atoms with van der Waals surface area (Å²) in [5.74, 6) is -0.186. The maximum atomic E-state index is 13.4. The minimum absolute atomic E-state index is 0.0577. The Morgan fingerprint density at radius 3 is 2.57 bits per heavy atom. The number of nitrogens with zero attached hydrogens (tertiary/aromatic N) is 3. The molecule has 0 saturated carbocycles. The third kappa shape index (κ3) is 2.98. The summed E-state index contributed by atoms with van der Waals surface area (Å²) in [6.45, 7) is 0. The van der Waals surface area contributed by atoms with E-state index in [0.717, 1.165) is 29.7 Å². The normalized spacial score (nSPS) is 26.0. The largest absolute Gasteiger partial charge is 0.327 e. The Kier molecular flexibility index (Phi) is 4.17. The molecule has 0 radical (unpaired) electrons. The molecule has 1 aromatic carbocycles. The van der Waals surface area contributed by atoms with Crippen LogP contribution in [0.5, 0.6) is 0 Å². The zero-order chi connectivity index (χ0) is 19.1. The van der Waals surface area contributed by atoms with E-state index in [1.165, 1.54) is 23.3 Å². The van der Waals surface area contributed by atoms with Gasteiger partial charge in [-0.2, -0.15) is 5.10 Å². The van der Waals surface area contributed by atoms with Crippen LogP contribution in [0.15, 0.2) is 89.5 Å². The van der Waals surface area contributed by atoms with Gasteiger partial charge in [-0.15, -0.1) is 0 Å². The van der Waals surface area contributed by atoms with Gasteiger partial charge in [0.15, 0.2) is 0 Å². The smallest absolute Gasteiger partial charge is 0.123 e. The quantitative estimate of drug-likeness (QED) is 0.889. The Balaban J connectivity index is 1.55. The van der Waals surface area contributed by atoms with E-state index >= 15 is 0 Å². The van der Waals surface area contributed by atoms with Crippen LogP contribution in [0.2, 0.25) is 0 Å². The van der Waals surface area contributed by atoms with E-state index in [2.05, 4.69) is 29.4 Å². The maximum Gasteiger partial charge on any atom is 0.123 e. The van der Waals surface area contributed by atoms with Crippen molar-refractivity contribution in [2.45, 2.75) is 30.8 Å². The van der Waals surface area contributed by atoms with E-state index in [0.29, 0.717) is 0 Å². The van der Waals surface area contributed by atoms with Crippen LogP contribution in [0.1, 0.15) is 29.9 Å². The van der Waals surface area contributed by atoms with E-state index in [1.807, 2.05) is 17.1 Å². The summed E-state index contributed by atoms with van der Waals surface area (Å²) in [4.78, 5) is 4.15. The first-order valence-corrected chi connectivity index (χ1v) is 9.57. The second kappa shape index (κ2) is 6.84. The molecule has 0 saturated heterocycles. The third-order valence-electron chi connectivity index (χ3n) is 5.63. The highest BCUT2D eigenvalue weighted by molar-refractivity contribution is 6.07. The van der Waals surface area contributed by atoms with Crippen molar-refractivity contribution in [3.05, 3.63) is 101 Å². The highest BCUT2D eigenvalue weighted by Gasteiger charge is 2.38. The first-order chi connectivity index (χ1) is 13.7. The molecule has 0 fully saturated rings. The number of hydrazone groups is 1. The molecule has 0 bridgehead atoms. The summed E-state index contributed by atoms with van der Waals surface area (Å²) in [7, 11) is 0. The van der Waals surface area contributed by atoms with E-state index in [1.54, 1.807) is 24.5 Å². The van der Waals surface area contributed by atoms with Crippen molar-refractivity contribution in [2.24, 2.45) is 10.8 Å². The standard InChI is InChI=1S/C23H21FN4/c24-19-5-1-16(2-6-19)23-22(15-9-11-26-12-10-15)21-8-4-18(14-28(21)27-23)17-3-7-20(25)13-17/h1-6,8-12,14,20-22H,7,13,25H2. The van der Waals surface area contributed by atoms with Gasteiger partial charge in [0, 0.05) is 24.6 Å². The van der Waals surface area contributed by atoms with Gasteiger partial charge in [-0.1, -0.05) is 30.4 Å². The highest BCUT2D eigenvalue weighted by Crippen LogP contribution is 2.39. The predicted molar refractivity (Wildman–Crippen MR) is 108 cm³/mol. The SMILES string of the molecule is NC1CC=C(C2=CN3N=C(c4ccc(F)cc4)C(c4ccncc4)C3C=C2)C1. The third-order valence-corrected chi connectivity index (χ3v) is 5.63. The molecule has 3 heterocycles. The number of nitrogens with two attached hydrogens (primary N) is 1. The summed E-state index contributed by atoms with van der Waals surface area (Å²) in [5.41, 5.74) is 11.5. The highest BCUT2D eigenvalue weighted by atomic mass is 19.1. The van der Waals surface area contributed by atoms with Crippen LogP contribution in [0.25, 0.3) is 0 Å². The number of hydrogen-bond donors (Lipinski definition) is 1. The minimum Gasteiger partial charge on any atom is -0.327 e. The lowest BCUT2D eigenvalue weighted by molar-refractivity contribution is 0.349. The molecule has 140 valence electrons. The number of fused-ring (bicyclic) bond motifs is 1. The zero-order valence-corrected chi connectivity index (χ0v) is 15.4. The molecule has 5 rings (SSSR count). The van der Waals surface area contributed by atoms with Crippen molar-refractivity contribution in [3.63, 3.8) is 0 Å². The Labute approximate surface area is 163 Å². The molecule has 2 aliphatic heterocycles. The molecule has 1 aromatic heterocycles. The number of allylic oxidation sites excluding steroid dienone is 2. The van der Waals surface area contributed by atoms with Gasteiger partial charge in [-0.25, -0.2) is 4.39 Å². The van der Waals surface area contributed by atoms with Crippen molar-refractivity contribution in [2.75, 3.05) is 0 Å². The van der Waals surface area contributed by atoms with Gasteiger partial charge in [-0.3, -0.25) is 9.99 Å². The van der Waals surface area contributed by atoms with Gasteiger partial charge in [0.05, 0.1) is 17.7 Å². The molecule has 4 nitrogen and oxygen atoms in total. The fraction of sp³-hybridized carbons (Fsp3) is 0.217. The van der Waals surface area contributed by atoms with Gasteiger partial charge < -0.3 is 5.73 Å². The Bertz CT molecular complexity index is 1000. The van der Waals surface area contributed by atoms with Crippen LogP contribution >= 0.6 is 0 Å². The summed E-state index contributed by atoms with van der Waals surface area (Å²) in [6, 6.07) is 10.9. The number of pyridine rings is 1. The molecule has 2 N–H and O–H groups in total. The molecule has 2 aromatic rings. The van der Waals surface area contributed by atoms with Crippen LogP contribution in [0.4, 0.5) is 4.39 Å². The van der Waals surface area contributed by atoms with Crippen LogP contribution in [0.3, 0.4) is 0 Å². The molecule has 3 aliphatic rings. The van der Waals surface area contributed by atoms with E-state index in [9.17, 15) is 4.39 Å². The lowest BCUT2D eigenvalue weighted by Gasteiger charge is -2.27. The summed E-state index contributed by atoms with van der Waals surface area (Å²) in [5, 5.41) is 6.96. The summed E-state index contributed by atoms with van der Waals surface area (Å²) >= 11 is 0. The van der Waals surface area contributed by atoms with E-state index in [-0.39, 0.29) is 23.8 Å². The van der Waals surface area contributed by atoms with Gasteiger partial charge in [0.2, 0.25) is 0 Å². The fourth-order valence-corrected chi connectivity index (χ4v) is 4.22. The summed E-state index contributed by atoms with van der Waals surface area (Å²) in [6.07, 6.45) is 14.2.